The maximum absolute atomic E-state index is 13.5. The minimum absolute atomic E-state index is 0.00818. The Balaban J connectivity index is 1.06. The van der Waals surface area contributed by atoms with E-state index >= 15 is 0 Å². The van der Waals surface area contributed by atoms with Crippen LogP contribution in [0.5, 0.6) is 0 Å². The number of carbonyl (C=O) groups excluding carboxylic acids is 1. The molecule has 4 aliphatic heterocycles. The van der Waals surface area contributed by atoms with E-state index in [4.69, 9.17) is 28.4 Å². The molecule has 0 aromatic heterocycles. The molecule has 0 unspecified atom stereocenters. The monoisotopic (exact) mass is 576 g/mol. The van der Waals surface area contributed by atoms with Gasteiger partial charge in [-0.05, 0) is 82.0 Å². The van der Waals surface area contributed by atoms with Gasteiger partial charge in [0.2, 0.25) is 0 Å². The number of carboxylic acids is 1. The van der Waals surface area contributed by atoms with Gasteiger partial charge in [-0.2, -0.15) is 0 Å². The Morgan fingerprint density at radius 2 is 1.85 bits per heavy atom. The third-order valence-corrected chi connectivity index (χ3v) is 13.6. The van der Waals surface area contributed by atoms with Crippen molar-refractivity contribution in [1.29, 1.82) is 0 Å². The Bertz CT molecular complexity index is 1130. The van der Waals surface area contributed by atoms with Crippen LogP contribution in [0, 0.1) is 34.0 Å². The molecule has 10 heteroatoms. The zero-order valence-corrected chi connectivity index (χ0v) is 24.2. The Morgan fingerprint density at radius 3 is 2.63 bits per heavy atom. The molecule has 4 heterocycles. The van der Waals surface area contributed by atoms with E-state index in [1.165, 1.54) is 0 Å². The highest BCUT2D eigenvalue weighted by molar-refractivity contribution is 5.77. The molecule has 10 nitrogen and oxygen atoms in total. The third-order valence-electron chi connectivity index (χ3n) is 13.6. The summed E-state index contributed by atoms with van der Waals surface area (Å²) in [5.41, 5.74) is -3.46. The highest BCUT2D eigenvalue weighted by atomic mass is 16.8. The summed E-state index contributed by atoms with van der Waals surface area (Å²) in [5.74, 6) is -1.11. The van der Waals surface area contributed by atoms with Crippen LogP contribution in [-0.2, 0) is 38.0 Å². The largest absolute Gasteiger partial charge is 0.481 e. The van der Waals surface area contributed by atoms with Gasteiger partial charge in [0.25, 0.3) is 0 Å². The van der Waals surface area contributed by atoms with Gasteiger partial charge in [0.15, 0.2) is 6.29 Å². The molecule has 2 N–H and O–H groups in total. The molecule has 4 aliphatic carbocycles. The van der Waals surface area contributed by atoms with Gasteiger partial charge in [0, 0.05) is 17.8 Å². The highest BCUT2D eigenvalue weighted by Crippen LogP contribution is 2.75. The SMILES string of the molecule is C[C@H]1C[C@H]2OCO[C@H]2[C@@H](O[C@@H]2CC[C@@]3(C(=O)O)[C@H]4CC[C@]56CO[C@@]7(COC(=O)C7)[C@H]5CC[C@@]6(O)[C@@H]4CC[C@]3(C)C2)O1. The maximum Gasteiger partial charge on any atom is 0.310 e. The van der Waals surface area contributed by atoms with Crippen LogP contribution in [0.2, 0.25) is 0 Å². The standard InChI is InChI=1S/C31H44O10/c1-17-11-21-24(38-16-37-21)25(40-17)41-18-3-9-30(26(33)34)19-5-8-28-14-39-29(13-23(32)36-15-29)22(28)6-10-31(28,35)20(19)4-7-27(30,2)12-18/h17-22,24-25,35H,3-16H2,1-2H3,(H,33,34)/t17-,18+,19-,20+,21+,22-,24+,25+,27+,28-,29-,30-,31+/m0/s1. The number of esters is 1. The first-order valence-electron chi connectivity index (χ1n) is 15.9. The van der Waals surface area contributed by atoms with Crippen LogP contribution < -0.4 is 0 Å². The number of hydrogen-bond acceptors (Lipinski definition) is 9. The molecule has 8 aliphatic rings. The van der Waals surface area contributed by atoms with E-state index in [2.05, 4.69) is 6.92 Å². The van der Waals surface area contributed by atoms with E-state index in [0.29, 0.717) is 32.3 Å². The molecule has 8 fully saturated rings. The van der Waals surface area contributed by atoms with E-state index in [-0.39, 0.29) is 68.0 Å². The van der Waals surface area contributed by atoms with Gasteiger partial charge in [0.05, 0.1) is 42.4 Å². The van der Waals surface area contributed by atoms with Crippen molar-refractivity contribution in [3.63, 3.8) is 0 Å². The van der Waals surface area contributed by atoms with Gasteiger partial charge >= 0.3 is 11.9 Å². The van der Waals surface area contributed by atoms with Crippen molar-refractivity contribution >= 4 is 11.9 Å². The lowest BCUT2D eigenvalue weighted by Crippen LogP contribution is -2.68. The average molecular weight is 577 g/mol. The fraction of sp³-hybridized carbons (Fsp3) is 0.935. The van der Waals surface area contributed by atoms with Crippen LogP contribution in [-0.4, -0.2) is 84.1 Å². The second-order valence-electron chi connectivity index (χ2n) is 15.0. The first kappa shape index (κ1) is 27.3. The molecule has 228 valence electrons. The van der Waals surface area contributed by atoms with Gasteiger partial charge in [-0.15, -0.1) is 0 Å². The van der Waals surface area contributed by atoms with Gasteiger partial charge in [-0.1, -0.05) is 6.92 Å². The summed E-state index contributed by atoms with van der Waals surface area (Å²) in [5, 5.41) is 23.7. The van der Waals surface area contributed by atoms with Gasteiger partial charge in [0.1, 0.15) is 25.1 Å². The first-order valence-corrected chi connectivity index (χ1v) is 15.9. The number of hydrogen-bond donors (Lipinski definition) is 2. The van der Waals surface area contributed by atoms with Crippen molar-refractivity contribution in [3.8, 4) is 0 Å². The predicted octanol–water partition coefficient (Wildman–Crippen LogP) is 3.17. The number of carboxylic acid groups (broad SMARTS) is 1. The molecule has 4 saturated heterocycles. The Kier molecular flexibility index (Phi) is 5.91. The van der Waals surface area contributed by atoms with Gasteiger partial charge < -0.3 is 38.6 Å². The van der Waals surface area contributed by atoms with Crippen molar-refractivity contribution in [2.45, 2.75) is 126 Å². The molecule has 4 saturated carbocycles. The van der Waals surface area contributed by atoms with Crippen molar-refractivity contribution in [2.24, 2.45) is 34.0 Å². The summed E-state index contributed by atoms with van der Waals surface area (Å²) in [4.78, 5) is 25.6. The second kappa shape index (κ2) is 8.88. The fourth-order valence-corrected chi connectivity index (χ4v) is 11.8. The quantitative estimate of drug-likeness (QED) is 0.382. The summed E-state index contributed by atoms with van der Waals surface area (Å²) in [6.45, 7) is 5.12. The minimum atomic E-state index is -0.992. The second-order valence-corrected chi connectivity index (χ2v) is 15.0. The van der Waals surface area contributed by atoms with Crippen LogP contribution >= 0.6 is 0 Å². The zero-order valence-electron chi connectivity index (χ0n) is 24.2. The third kappa shape index (κ3) is 3.41. The Morgan fingerprint density at radius 1 is 1.02 bits per heavy atom. The molecule has 0 radical (unpaired) electrons. The summed E-state index contributed by atoms with van der Waals surface area (Å²) in [6, 6.07) is 0. The maximum atomic E-state index is 13.5. The summed E-state index contributed by atoms with van der Waals surface area (Å²) in [7, 11) is 0. The molecule has 41 heavy (non-hydrogen) atoms. The molecule has 2 spiro atoms. The summed E-state index contributed by atoms with van der Waals surface area (Å²) in [6.07, 6.45) is 6.34. The van der Waals surface area contributed by atoms with Crippen molar-refractivity contribution in [1.82, 2.24) is 0 Å². The highest BCUT2D eigenvalue weighted by Gasteiger charge is 2.78. The normalized spacial score (nSPS) is 57.4. The topological polar surface area (TPSA) is 130 Å². The average Bonchev–Trinajstić information content (AvgIpc) is 3.68. The zero-order chi connectivity index (χ0) is 28.4. The number of aliphatic hydroxyl groups is 1. The smallest absolute Gasteiger partial charge is 0.310 e. The van der Waals surface area contributed by atoms with E-state index in [1.54, 1.807) is 0 Å². The van der Waals surface area contributed by atoms with E-state index in [9.17, 15) is 19.8 Å². The molecule has 0 amide bonds. The number of ether oxygens (including phenoxy) is 6. The molecule has 0 bridgehead atoms. The van der Waals surface area contributed by atoms with Gasteiger partial charge in [-0.3, -0.25) is 9.59 Å². The molecule has 8 rings (SSSR count). The minimum Gasteiger partial charge on any atom is -0.481 e. The molecular weight excluding hydrogens is 532 g/mol. The number of aliphatic carboxylic acids is 1. The van der Waals surface area contributed by atoms with Gasteiger partial charge in [-0.25, -0.2) is 0 Å². The summed E-state index contributed by atoms with van der Waals surface area (Å²) >= 11 is 0. The van der Waals surface area contributed by atoms with Crippen LogP contribution in [0.15, 0.2) is 0 Å². The lowest BCUT2D eigenvalue weighted by Gasteiger charge is -2.66. The van der Waals surface area contributed by atoms with Crippen LogP contribution in [0.1, 0.15) is 84.5 Å². The lowest BCUT2D eigenvalue weighted by atomic mass is 9.38. The molecule has 0 aromatic carbocycles. The number of cyclic esters (lactones) is 1. The van der Waals surface area contributed by atoms with Crippen LogP contribution in [0.25, 0.3) is 0 Å². The fourth-order valence-electron chi connectivity index (χ4n) is 11.8. The van der Waals surface area contributed by atoms with E-state index in [0.717, 1.165) is 38.5 Å². The summed E-state index contributed by atoms with van der Waals surface area (Å²) < 4.78 is 36.1. The van der Waals surface area contributed by atoms with E-state index < -0.39 is 39.7 Å². The van der Waals surface area contributed by atoms with E-state index in [1.807, 2.05) is 6.92 Å². The number of fused-ring (bicyclic) bond motifs is 6. The Hall–Kier alpha value is -1.30. The first-order chi connectivity index (χ1) is 19.6. The molecule has 13 atom stereocenters. The van der Waals surface area contributed by atoms with Crippen molar-refractivity contribution in [3.05, 3.63) is 0 Å². The number of rotatable bonds is 3. The molecule has 0 aromatic rings. The number of carbonyl (C=O) groups is 2. The Labute approximate surface area is 240 Å². The van der Waals surface area contributed by atoms with Crippen LogP contribution in [0.4, 0.5) is 0 Å². The predicted molar refractivity (Wildman–Crippen MR) is 140 cm³/mol. The lowest BCUT2D eigenvalue weighted by molar-refractivity contribution is -0.281. The van der Waals surface area contributed by atoms with Crippen molar-refractivity contribution in [2.75, 3.05) is 20.0 Å². The van der Waals surface area contributed by atoms with Crippen molar-refractivity contribution < 1.29 is 48.2 Å². The van der Waals surface area contributed by atoms with Crippen LogP contribution in [0.3, 0.4) is 0 Å². The molecular formula is C31H44O10.